The van der Waals surface area contributed by atoms with E-state index in [9.17, 15) is 9.90 Å². The minimum atomic E-state index is -0.0898. The summed E-state index contributed by atoms with van der Waals surface area (Å²) in [6.45, 7) is 0. The average molecular weight is 224 g/mol. The number of phenols is 1. The number of carbonyl (C=O) groups is 1. The first-order chi connectivity index (χ1) is 8.25. The molecule has 0 heterocycles. The van der Waals surface area contributed by atoms with Crippen LogP contribution in [0, 0.1) is 0 Å². The lowest BCUT2D eigenvalue weighted by atomic mass is 9.95. The molecule has 0 saturated carbocycles. The van der Waals surface area contributed by atoms with Crippen LogP contribution in [0.2, 0.25) is 0 Å². The molecule has 0 saturated heterocycles. The van der Waals surface area contributed by atoms with Crippen molar-refractivity contribution < 1.29 is 9.90 Å². The van der Waals surface area contributed by atoms with E-state index < -0.39 is 0 Å². The Hall–Kier alpha value is -2.09. The predicted octanol–water partition coefficient (Wildman–Crippen LogP) is 2.91. The largest absolute Gasteiger partial charge is 0.508 e. The quantitative estimate of drug-likeness (QED) is 0.808. The Morgan fingerprint density at radius 3 is 2.59 bits per heavy atom. The van der Waals surface area contributed by atoms with Gasteiger partial charge < -0.3 is 5.11 Å². The Kier molecular flexibility index (Phi) is 2.22. The van der Waals surface area contributed by atoms with E-state index in [0.717, 1.165) is 16.7 Å². The average Bonchev–Trinajstić information content (AvgIpc) is 2.67. The maximum absolute atomic E-state index is 12.2. The number of aromatic hydroxyl groups is 1. The van der Waals surface area contributed by atoms with Gasteiger partial charge in [0, 0.05) is 5.56 Å². The highest BCUT2D eigenvalue weighted by Crippen LogP contribution is 2.35. The lowest BCUT2D eigenvalue weighted by Gasteiger charge is -2.07. The van der Waals surface area contributed by atoms with Gasteiger partial charge in [-0.1, -0.05) is 30.3 Å². The summed E-state index contributed by atoms with van der Waals surface area (Å²) in [4.78, 5) is 12.2. The summed E-state index contributed by atoms with van der Waals surface area (Å²) >= 11 is 0. The highest BCUT2D eigenvalue weighted by molar-refractivity contribution is 6.05. The van der Waals surface area contributed by atoms with E-state index in [1.807, 2.05) is 30.3 Å². The van der Waals surface area contributed by atoms with Crippen molar-refractivity contribution in [1.29, 1.82) is 0 Å². The Morgan fingerprint density at radius 1 is 1.06 bits per heavy atom. The van der Waals surface area contributed by atoms with Gasteiger partial charge >= 0.3 is 0 Å². The molecular formula is C15H12O2. The van der Waals surface area contributed by atoms with Crippen molar-refractivity contribution in [2.24, 2.45) is 0 Å². The van der Waals surface area contributed by atoms with Gasteiger partial charge in [0.15, 0.2) is 5.78 Å². The molecular weight excluding hydrogens is 212 g/mol. The monoisotopic (exact) mass is 224 g/mol. The van der Waals surface area contributed by atoms with E-state index in [-0.39, 0.29) is 17.5 Å². The van der Waals surface area contributed by atoms with Crippen LogP contribution in [0.25, 0.3) is 0 Å². The standard InChI is InChI=1S/C15H12O2/c16-12-6-7-13-11(8-12)9-14(15(13)17)10-4-2-1-3-5-10/h1-8,14,16H,9H2. The van der Waals surface area contributed by atoms with Gasteiger partial charge in [0.2, 0.25) is 0 Å². The molecule has 1 aliphatic carbocycles. The second-order valence-corrected chi connectivity index (χ2v) is 4.37. The first-order valence-electron chi connectivity index (χ1n) is 5.67. The van der Waals surface area contributed by atoms with Crippen molar-refractivity contribution in [1.82, 2.24) is 0 Å². The van der Waals surface area contributed by atoms with Crippen LogP contribution in [-0.4, -0.2) is 10.9 Å². The Bertz CT molecular complexity index is 573. The van der Waals surface area contributed by atoms with Gasteiger partial charge in [-0.05, 0) is 35.7 Å². The predicted molar refractivity (Wildman–Crippen MR) is 65.3 cm³/mol. The van der Waals surface area contributed by atoms with Gasteiger partial charge in [0.1, 0.15) is 5.75 Å². The number of hydrogen-bond acceptors (Lipinski definition) is 2. The molecule has 84 valence electrons. The number of carbonyl (C=O) groups excluding carboxylic acids is 1. The van der Waals surface area contributed by atoms with E-state index in [4.69, 9.17) is 0 Å². The maximum Gasteiger partial charge on any atom is 0.170 e. The van der Waals surface area contributed by atoms with Gasteiger partial charge in [-0.15, -0.1) is 0 Å². The molecule has 1 N–H and O–H groups in total. The van der Waals surface area contributed by atoms with E-state index in [0.29, 0.717) is 6.42 Å². The number of hydrogen-bond donors (Lipinski definition) is 1. The molecule has 1 aliphatic rings. The number of phenolic OH excluding ortho intramolecular Hbond substituents is 1. The van der Waals surface area contributed by atoms with E-state index in [2.05, 4.69) is 0 Å². The molecule has 0 fully saturated rings. The Morgan fingerprint density at radius 2 is 1.82 bits per heavy atom. The molecule has 0 radical (unpaired) electrons. The number of fused-ring (bicyclic) bond motifs is 1. The van der Waals surface area contributed by atoms with Crippen LogP contribution in [0.3, 0.4) is 0 Å². The molecule has 0 aromatic heterocycles. The molecule has 0 spiro atoms. The highest BCUT2D eigenvalue weighted by atomic mass is 16.3. The summed E-state index contributed by atoms with van der Waals surface area (Å²) in [6, 6.07) is 14.8. The summed E-state index contributed by atoms with van der Waals surface area (Å²) < 4.78 is 0. The molecule has 0 bridgehead atoms. The van der Waals surface area contributed by atoms with Gasteiger partial charge in [-0.3, -0.25) is 4.79 Å². The second-order valence-electron chi connectivity index (χ2n) is 4.37. The lowest BCUT2D eigenvalue weighted by Crippen LogP contribution is -2.06. The van der Waals surface area contributed by atoms with Crippen LogP contribution < -0.4 is 0 Å². The summed E-state index contributed by atoms with van der Waals surface area (Å²) in [5.41, 5.74) is 2.74. The minimum Gasteiger partial charge on any atom is -0.508 e. The van der Waals surface area contributed by atoms with Crippen LogP contribution in [-0.2, 0) is 6.42 Å². The van der Waals surface area contributed by atoms with E-state index >= 15 is 0 Å². The first kappa shape index (κ1) is 10.1. The second kappa shape index (κ2) is 3.74. The zero-order chi connectivity index (χ0) is 11.8. The third kappa shape index (κ3) is 1.62. The summed E-state index contributed by atoms with van der Waals surface area (Å²) in [5, 5.41) is 9.43. The molecule has 1 atom stereocenters. The molecule has 17 heavy (non-hydrogen) atoms. The molecule has 3 rings (SSSR count). The number of Topliss-reactive ketones (excluding diaryl/α,β-unsaturated/α-hetero) is 1. The third-order valence-corrected chi connectivity index (χ3v) is 3.30. The Balaban J connectivity index is 2.02. The van der Waals surface area contributed by atoms with Crippen molar-refractivity contribution in [3.8, 4) is 5.75 Å². The van der Waals surface area contributed by atoms with Crippen molar-refractivity contribution in [2.75, 3.05) is 0 Å². The molecule has 2 aromatic carbocycles. The fraction of sp³-hybridized carbons (Fsp3) is 0.133. The molecule has 1 unspecified atom stereocenters. The highest BCUT2D eigenvalue weighted by Gasteiger charge is 2.31. The van der Waals surface area contributed by atoms with Crippen LogP contribution in [0.5, 0.6) is 5.75 Å². The van der Waals surface area contributed by atoms with Crippen molar-refractivity contribution in [3.63, 3.8) is 0 Å². The Labute approximate surface area is 99.5 Å². The fourth-order valence-electron chi connectivity index (χ4n) is 2.44. The van der Waals surface area contributed by atoms with Crippen molar-refractivity contribution >= 4 is 5.78 Å². The smallest absolute Gasteiger partial charge is 0.170 e. The molecule has 2 aromatic rings. The van der Waals surface area contributed by atoms with Crippen molar-refractivity contribution in [2.45, 2.75) is 12.3 Å². The molecule has 0 amide bonds. The van der Waals surface area contributed by atoms with Gasteiger partial charge in [-0.25, -0.2) is 0 Å². The van der Waals surface area contributed by atoms with Gasteiger partial charge in [0.25, 0.3) is 0 Å². The van der Waals surface area contributed by atoms with Crippen LogP contribution in [0.15, 0.2) is 48.5 Å². The van der Waals surface area contributed by atoms with Gasteiger partial charge in [0.05, 0.1) is 5.92 Å². The summed E-state index contributed by atoms with van der Waals surface area (Å²) in [7, 11) is 0. The van der Waals surface area contributed by atoms with Crippen LogP contribution in [0.4, 0.5) is 0 Å². The van der Waals surface area contributed by atoms with Crippen LogP contribution in [0.1, 0.15) is 27.4 Å². The molecule has 0 aliphatic heterocycles. The zero-order valence-electron chi connectivity index (χ0n) is 9.26. The van der Waals surface area contributed by atoms with E-state index in [1.54, 1.807) is 18.2 Å². The minimum absolute atomic E-state index is 0.0898. The van der Waals surface area contributed by atoms with Crippen molar-refractivity contribution in [3.05, 3.63) is 65.2 Å². The third-order valence-electron chi connectivity index (χ3n) is 3.30. The first-order valence-corrected chi connectivity index (χ1v) is 5.67. The maximum atomic E-state index is 12.2. The molecule has 2 heteroatoms. The zero-order valence-corrected chi connectivity index (χ0v) is 9.26. The normalized spacial score (nSPS) is 18.1. The fourth-order valence-corrected chi connectivity index (χ4v) is 2.44. The van der Waals surface area contributed by atoms with Gasteiger partial charge in [-0.2, -0.15) is 0 Å². The number of ketones is 1. The topological polar surface area (TPSA) is 37.3 Å². The summed E-state index contributed by atoms with van der Waals surface area (Å²) in [6.07, 6.45) is 0.687. The number of benzene rings is 2. The SMILES string of the molecule is O=C1c2ccc(O)cc2CC1c1ccccc1. The number of rotatable bonds is 1. The molecule has 2 nitrogen and oxygen atoms in total. The van der Waals surface area contributed by atoms with E-state index in [1.165, 1.54) is 0 Å². The van der Waals surface area contributed by atoms with Crippen LogP contribution >= 0.6 is 0 Å². The lowest BCUT2D eigenvalue weighted by molar-refractivity contribution is 0.0973. The summed E-state index contributed by atoms with van der Waals surface area (Å²) in [5.74, 6) is 0.296.